The number of nitrogens with two attached hydrogens (primary N) is 1. The van der Waals surface area contributed by atoms with E-state index >= 15 is 0 Å². The summed E-state index contributed by atoms with van der Waals surface area (Å²) in [4.78, 5) is 0. The summed E-state index contributed by atoms with van der Waals surface area (Å²) in [5.41, 5.74) is 8.46. The molecule has 0 spiro atoms. The summed E-state index contributed by atoms with van der Waals surface area (Å²) in [5, 5.41) is 0. The second-order valence-electron chi connectivity index (χ2n) is 5.77. The van der Waals surface area contributed by atoms with E-state index in [2.05, 4.69) is 45.9 Å². The maximum absolute atomic E-state index is 5.78. The van der Waals surface area contributed by atoms with Gasteiger partial charge in [0.05, 0.1) is 7.11 Å². The first-order valence-electron chi connectivity index (χ1n) is 6.26. The smallest absolute Gasteiger partial charge is 0.122 e. The van der Waals surface area contributed by atoms with E-state index in [1.165, 1.54) is 11.1 Å². The lowest BCUT2D eigenvalue weighted by Crippen LogP contribution is -2.26. The Balaban J connectivity index is 3.01. The Morgan fingerprint density at radius 3 is 2.41 bits per heavy atom. The number of hydrogen-bond acceptors (Lipinski definition) is 2. The second kappa shape index (κ2) is 5.54. The van der Waals surface area contributed by atoms with Crippen molar-refractivity contribution in [1.82, 2.24) is 0 Å². The van der Waals surface area contributed by atoms with E-state index in [-0.39, 0.29) is 5.41 Å². The lowest BCUT2D eigenvalue weighted by Gasteiger charge is -2.24. The zero-order valence-corrected chi connectivity index (χ0v) is 11.7. The van der Waals surface area contributed by atoms with Crippen molar-refractivity contribution in [1.29, 1.82) is 0 Å². The molecule has 0 atom stereocenters. The van der Waals surface area contributed by atoms with Gasteiger partial charge in [0.15, 0.2) is 0 Å². The fourth-order valence-electron chi connectivity index (χ4n) is 1.85. The molecule has 0 unspecified atom stereocenters. The molecule has 0 fully saturated rings. The lowest BCUT2D eigenvalue weighted by molar-refractivity contribution is 0.358. The van der Waals surface area contributed by atoms with Gasteiger partial charge in [-0.15, -0.1) is 0 Å². The quantitative estimate of drug-likeness (QED) is 0.849. The van der Waals surface area contributed by atoms with Gasteiger partial charge in [-0.3, -0.25) is 0 Å². The van der Waals surface area contributed by atoms with E-state index in [1.807, 2.05) is 0 Å². The van der Waals surface area contributed by atoms with Crippen LogP contribution in [-0.4, -0.2) is 13.7 Å². The molecule has 1 aromatic carbocycles. The molecule has 0 aliphatic carbocycles. The Bertz CT molecular complexity index is 369. The average molecular weight is 235 g/mol. The molecule has 0 bridgehead atoms. The van der Waals surface area contributed by atoms with Crippen molar-refractivity contribution < 1.29 is 4.74 Å². The average Bonchev–Trinajstić information content (AvgIpc) is 2.29. The summed E-state index contributed by atoms with van der Waals surface area (Å²) < 4.78 is 5.49. The van der Waals surface area contributed by atoms with Gasteiger partial charge in [0.1, 0.15) is 5.75 Å². The number of methoxy groups -OCH3 is 1. The van der Waals surface area contributed by atoms with E-state index in [0.717, 1.165) is 12.2 Å². The summed E-state index contributed by atoms with van der Waals surface area (Å²) in [6.07, 6.45) is 0.949. The monoisotopic (exact) mass is 235 g/mol. The molecular formula is C15H25NO. The topological polar surface area (TPSA) is 35.2 Å². The van der Waals surface area contributed by atoms with Crippen LogP contribution in [0.1, 0.15) is 44.7 Å². The molecule has 2 nitrogen and oxygen atoms in total. The van der Waals surface area contributed by atoms with Gasteiger partial charge in [0.2, 0.25) is 0 Å². The molecule has 0 aliphatic rings. The largest absolute Gasteiger partial charge is 0.496 e. The van der Waals surface area contributed by atoms with Gasteiger partial charge in [0.25, 0.3) is 0 Å². The predicted octanol–water partition coefficient (Wildman–Crippen LogP) is 3.35. The van der Waals surface area contributed by atoms with Crippen LogP contribution in [0.4, 0.5) is 0 Å². The molecule has 1 rings (SSSR count). The first-order valence-corrected chi connectivity index (χ1v) is 6.26. The van der Waals surface area contributed by atoms with E-state index < -0.39 is 0 Å². The van der Waals surface area contributed by atoms with Crippen molar-refractivity contribution >= 4 is 0 Å². The molecule has 0 radical (unpaired) electrons. The van der Waals surface area contributed by atoms with Crippen LogP contribution in [0.2, 0.25) is 0 Å². The molecule has 0 aliphatic heterocycles. The van der Waals surface area contributed by atoms with E-state index in [0.29, 0.717) is 12.5 Å². The third-order valence-corrected chi connectivity index (χ3v) is 3.20. The van der Waals surface area contributed by atoms with Crippen LogP contribution in [-0.2, 0) is 6.42 Å². The lowest BCUT2D eigenvalue weighted by atomic mass is 9.85. The molecule has 0 heterocycles. The van der Waals surface area contributed by atoms with Crippen molar-refractivity contribution in [2.45, 2.75) is 40.0 Å². The number of benzene rings is 1. The fourth-order valence-corrected chi connectivity index (χ4v) is 1.85. The van der Waals surface area contributed by atoms with Crippen LogP contribution >= 0.6 is 0 Å². The standard InChI is InChI=1S/C15H25NO/c1-11(2)12-6-7-13(14(8-12)17-5)9-15(3,4)10-16/h6-8,11H,9-10,16H2,1-5H3. The van der Waals surface area contributed by atoms with Crippen molar-refractivity contribution in [2.75, 3.05) is 13.7 Å². The predicted molar refractivity (Wildman–Crippen MR) is 73.6 cm³/mol. The van der Waals surface area contributed by atoms with Crippen LogP contribution in [0.25, 0.3) is 0 Å². The Morgan fingerprint density at radius 1 is 1.29 bits per heavy atom. The SMILES string of the molecule is COc1cc(C(C)C)ccc1CC(C)(C)CN. The highest BCUT2D eigenvalue weighted by Crippen LogP contribution is 2.29. The summed E-state index contributed by atoms with van der Waals surface area (Å²) in [5.74, 6) is 1.51. The van der Waals surface area contributed by atoms with Gasteiger partial charge in [-0.05, 0) is 41.5 Å². The molecule has 2 N–H and O–H groups in total. The fraction of sp³-hybridized carbons (Fsp3) is 0.600. The van der Waals surface area contributed by atoms with Crippen molar-refractivity contribution in [3.63, 3.8) is 0 Å². The van der Waals surface area contributed by atoms with Crippen LogP contribution < -0.4 is 10.5 Å². The molecular weight excluding hydrogens is 210 g/mol. The number of hydrogen-bond donors (Lipinski definition) is 1. The maximum Gasteiger partial charge on any atom is 0.122 e. The van der Waals surface area contributed by atoms with Crippen LogP contribution in [0.15, 0.2) is 18.2 Å². The molecule has 0 saturated heterocycles. The van der Waals surface area contributed by atoms with E-state index in [9.17, 15) is 0 Å². The van der Waals surface area contributed by atoms with Crippen molar-refractivity contribution in [3.8, 4) is 5.75 Å². The van der Waals surface area contributed by atoms with Crippen LogP contribution in [0.5, 0.6) is 5.75 Å². The Kier molecular flexibility index (Phi) is 4.58. The van der Waals surface area contributed by atoms with E-state index in [4.69, 9.17) is 10.5 Å². The van der Waals surface area contributed by atoms with Gasteiger partial charge < -0.3 is 10.5 Å². The molecule has 0 amide bonds. The minimum absolute atomic E-state index is 0.118. The van der Waals surface area contributed by atoms with E-state index in [1.54, 1.807) is 7.11 Å². The first-order chi connectivity index (χ1) is 7.89. The summed E-state index contributed by atoms with van der Waals surface area (Å²) in [6, 6.07) is 6.51. The van der Waals surface area contributed by atoms with Gasteiger partial charge >= 0.3 is 0 Å². The zero-order valence-electron chi connectivity index (χ0n) is 11.7. The molecule has 17 heavy (non-hydrogen) atoms. The molecule has 1 aromatic rings. The minimum Gasteiger partial charge on any atom is -0.496 e. The molecule has 2 heteroatoms. The normalized spacial score (nSPS) is 11.9. The minimum atomic E-state index is 0.118. The van der Waals surface area contributed by atoms with Gasteiger partial charge in [-0.2, -0.15) is 0 Å². The Labute approximate surface area is 105 Å². The number of ether oxygens (including phenoxy) is 1. The van der Waals surface area contributed by atoms with Gasteiger partial charge in [-0.25, -0.2) is 0 Å². The Morgan fingerprint density at radius 2 is 1.94 bits per heavy atom. The molecule has 96 valence electrons. The highest BCUT2D eigenvalue weighted by molar-refractivity contribution is 5.39. The first kappa shape index (κ1) is 14.0. The maximum atomic E-state index is 5.78. The second-order valence-corrected chi connectivity index (χ2v) is 5.77. The Hall–Kier alpha value is -1.02. The van der Waals surface area contributed by atoms with Gasteiger partial charge in [0, 0.05) is 0 Å². The summed E-state index contributed by atoms with van der Waals surface area (Å²) in [7, 11) is 1.73. The highest BCUT2D eigenvalue weighted by Gasteiger charge is 2.19. The summed E-state index contributed by atoms with van der Waals surface area (Å²) in [6.45, 7) is 9.43. The van der Waals surface area contributed by atoms with Crippen molar-refractivity contribution in [2.24, 2.45) is 11.1 Å². The van der Waals surface area contributed by atoms with Crippen LogP contribution in [0, 0.1) is 5.41 Å². The molecule has 0 saturated carbocycles. The number of rotatable bonds is 5. The molecule has 0 aromatic heterocycles. The zero-order chi connectivity index (χ0) is 13.1. The highest BCUT2D eigenvalue weighted by atomic mass is 16.5. The summed E-state index contributed by atoms with van der Waals surface area (Å²) >= 11 is 0. The van der Waals surface area contributed by atoms with Crippen molar-refractivity contribution in [3.05, 3.63) is 29.3 Å². The van der Waals surface area contributed by atoms with Crippen LogP contribution in [0.3, 0.4) is 0 Å². The third-order valence-electron chi connectivity index (χ3n) is 3.20. The third kappa shape index (κ3) is 3.74. The van der Waals surface area contributed by atoms with Gasteiger partial charge in [-0.1, -0.05) is 39.8 Å².